The second-order valence-electron chi connectivity index (χ2n) is 6.02. The van der Waals surface area contributed by atoms with Crippen LogP contribution in [-0.4, -0.2) is 42.3 Å². The predicted octanol–water partition coefficient (Wildman–Crippen LogP) is 1.51. The van der Waals surface area contributed by atoms with E-state index in [0.717, 1.165) is 38.1 Å². The number of piperidine rings is 1. The number of methoxy groups -OCH3 is 2. The van der Waals surface area contributed by atoms with Gasteiger partial charge in [0.2, 0.25) is 10.0 Å². The van der Waals surface area contributed by atoms with Gasteiger partial charge in [0.15, 0.2) is 11.5 Å². The average Bonchev–Trinajstić information content (AvgIpc) is 2.53. The van der Waals surface area contributed by atoms with Gasteiger partial charge in [0, 0.05) is 18.7 Å². The van der Waals surface area contributed by atoms with Gasteiger partial charge in [-0.1, -0.05) is 6.92 Å². The number of benzene rings is 1. The lowest BCUT2D eigenvalue weighted by molar-refractivity contribution is 0.232. The summed E-state index contributed by atoms with van der Waals surface area (Å²) in [5.74, 6) is -0.553. The van der Waals surface area contributed by atoms with Gasteiger partial charge in [0.25, 0.3) is 0 Å². The lowest BCUT2D eigenvalue weighted by atomic mass is 9.81. The van der Waals surface area contributed by atoms with Crippen molar-refractivity contribution in [3.8, 4) is 11.5 Å². The third-order valence-electron chi connectivity index (χ3n) is 4.23. The van der Waals surface area contributed by atoms with E-state index >= 15 is 0 Å². The lowest BCUT2D eigenvalue weighted by Crippen LogP contribution is -2.43. The normalized spacial score (nSPS) is 17.7. The smallest absolute Gasteiger partial charge is 0.243 e. The summed E-state index contributed by atoms with van der Waals surface area (Å²) >= 11 is 0. The number of halogens is 1. The number of sulfonamides is 1. The third-order valence-corrected chi connectivity index (χ3v) is 5.64. The van der Waals surface area contributed by atoms with Crippen LogP contribution >= 0.6 is 0 Å². The second kappa shape index (κ2) is 7.02. The van der Waals surface area contributed by atoms with Gasteiger partial charge in [-0.2, -0.15) is 0 Å². The molecule has 0 unspecified atom stereocenters. The SMILES string of the molecule is COc1cc(F)c(S(=O)(=O)NCC2(C)CCNCC2)cc1OC. The molecule has 0 amide bonds. The van der Waals surface area contributed by atoms with Gasteiger partial charge in [-0.25, -0.2) is 17.5 Å². The summed E-state index contributed by atoms with van der Waals surface area (Å²) in [6, 6.07) is 2.15. The summed E-state index contributed by atoms with van der Waals surface area (Å²) < 4.78 is 51.6. The Morgan fingerprint density at radius 3 is 2.35 bits per heavy atom. The molecule has 6 nitrogen and oxygen atoms in total. The van der Waals surface area contributed by atoms with Crippen LogP contribution in [0, 0.1) is 11.2 Å². The van der Waals surface area contributed by atoms with Crippen LogP contribution in [-0.2, 0) is 10.0 Å². The average molecular weight is 346 g/mol. The fourth-order valence-corrected chi connectivity index (χ4v) is 3.87. The van der Waals surface area contributed by atoms with E-state index < -0.39 is 20.7 Å². The summed E-state index contributed by atoms with van der Waals surface area (Å²) in [5.41, 5.74) is -0.134. The topological polar surface area (TPSA) is 76.7 Å². The van der Waals surface area contributed by atoms with Crippen molar-refractivity contribution in [1.29, 1.82) is 0 Å². The Balaban J connectivity index is 2.22. The van der Waals surface area contributed by atoms with Crippen LogP contribution in [0.15, 0.2) is 17.0 Å². The molecule has 2 rings (SSSR count). The number of hydrogen-bond donors (Lipinski definition) is 2. The number of ether oxygens (including phenoxy) is 2. The standard InChI is InChI=1S/C15H23FN2O4S/c1-15(4-6-17-7-5-15)10-18-23(19,20)14-9-13(22-3)12(21-2)8-11(14)16/h8-9,17-18H,4-7,10H2,1-3H3. The van der Waals surface area contributed by atoms with Gasteiger partial charge in [0.1, 0.15) is 10.7 Å². The van der Waals surface area contributed by atoms with Crippen LogP contribution < -0.4 is 19.5 Å². The van der Waals surface area contributed by atoms with E-state index in [0.29, 0.717) is 0 Å². The molecule has 0 aliphatic carbocycles. The van der Waals surface area contributed by atoms with E-state index in [-0.39, 0.29) is 23.5 Å². The molecule has 23 heavy (non-hydrogen) atoms. The molecule has 1 aliphatic rings. The first kappa shape index (κ1) is 18.0. The van der Waals surface area contributed by atoms with Crippen molar-refractivity contribution in [2.45, 2.75) is 24.7 Å². The van der Waals surface area contributed by atoms with Gasteiger partial charge in [-0.3, -0.25) is 0 Å². The first-order valence-corrected chi connectivity index (χ1v) is 8.91. The van der Waals surface area contributed by atoms with Gasteiger partial charge < -0.3 is 14.8 Å². The Bertz CT molecular complexity index is 658. The van der Waals surface area contributed by atoms with Crippen LogP contribution in [0.3, 0.4) is 0 Å². The van der Waals surface area contributed by atoms with Gasteiger partial charge in [-0.15, -0.1) is 0 Å². The molecule has 1 fully saturated rings. The molecule has 0 atom stereocenters. The molecular formula is C15H23FN2O4S. The Labute approximate surface area is 136 Å². The van der Waals surface area contributed by atoms with Crippen molar-refractivity contribution >= 4 is 10.0 Å². The van der Waals surface area contributed by atoms with Crippen molar-refractivity contribution in [2.24, 2.45) is 5.41 Å². The Morgan fingerprint density at radius 1 is 1.22 bits per heavy atom. The minimum atomic E-state index is -3.97. The maximum Gasteiger partial charge on any atom is 0.243 e. The molecule has 1 aromatic rings. The van der Waals surface area contributed by atoms with E-state index in [4.69, 9.17) is 9.47 Å². The highest BCUT2D eigenvalue weighted by Crippen LogP contribution is 2.32. The third kappa shape index (κ3) is 4.13. The molecule has 1 saturated heterocycles. The van der Waals surface area contributed by atoms with Crippen molar-refractivity contribution in [2.75, 3.05) is 33.9 Å². The summed E-state index contributed by atoms with van der Waals surface area (Å²) in [6.45, 7) is 4.00. The largest absolute Gasteiger partial charge is 0.493 e. The number of rotatable bonds is 6. The molecule has 0 radical (unpaired) electrons. The van der Waals surface area contributed by atoms with Crippen molar-refractivity contribution in [1.82, 2.24) is 10.0 Å². The maximum absolute atomic E-state index is 14.1. The molecule has 8 heteroatoms. The van der Waals surface area contributed by atoms with E-state index in [2.05, 4.69) is 10.0 Å². The maximum atomic E-state index is 14.1. The fourth-order valence-electron chi connectivity index (χ4n) is 2.60. The zero-order valence-electron chi connectivity index (χ0n) is 13.6. The summed E-state index contributed by atoms with van der Waals surface area (Å²) in [7, 11) is -1.23. The quantitative estimate of drug-likeness (QED) is 0.817. The molecule has 1 heterocycles. The van der Waals surface area contributed by atoms with Gasteiger partial charge >= 0.3 is 0 Å². The second-order valence-corrected chi connectivity index (χ2v) is 7.76. The number of hydrogen-bond acceptors (Lipinski definition) is 5. The fraction of sp³-hybridized carbons (Fsp3) is 0.600. The highest BCUT2D eigenvalue weighted by atomic mass is 32.2. The molecule has 0 saturated carbocycles. The predicted molar refractivity (Wildman–Crippen MR) is 84.9 cm³/mol. The highest BCUT2D eigenvalue weighted by molar-refractivity contribution is 7.89. The molecule has 1 aliphatic heterocycles. The zero-order valence-corrected chi connectivity index (χ0v) is 14.4. The summed E-state index contributed by atoms with van der Waals surface area (Å²) in [5, 5.41) is 3.24. The van der Waals surface area contributed by atoms with Crippen molar-refractivity contribution < 1.29 is 22.3 Å². The van der Waals surface area contributed by atoms with E-state index in [1.165, 1.54) is 14.2 Å². The van der Waals surface area contributed by atoms with Crippen LogP contribution in [0.1, 0.15) is 19.8 Å². The summed E-state index contributed by atoms with van der Waals surface area (Å²) in [6.07, 6.45) is 1.73. The number of nitrogens with one attached hydrogen (secondary N) is 2. The van der Waals surface area contributed by atoms with Gasteiger partial charge in [0.05, 0.1) is 14.2 Å². The first-order valence-electron chi connectivity index (χ1n) is 7.43. The lowest BCUT2D eigenvalue weighted by Gasteiger charge is -2.34. The summed E-state index contributed by atoms with van der Waals surface area (Å²) in [4.78, 5) is -0.437. The van der Waals surface area contributed by atoms with Gasteiger partial charge in [-0.05, 0) is 31.3 Å². The minimum absolute atomic E-state index is 0.134. The minimum Gasteiger partial charge on any atom is -0.493 e. The van der Waals surface area contributed by atoms with Crippen LogP contribution in [0.5, 0.6) is 11.5 Å². The molecule has 0 bridgehead atoms. The molecule has 2 N–H and O–H groups in total. The van der Waals surface area contributed by atoms with Crippen molar-refractivity contribution in [3.63, 3.8) is 0 Å². The van der Waals surface area contributed by atoms with Crippen LogP contribution in [0.4, 0.5) is 4.39 Å². The van der Waals surface area contributed by atoms with Crippen LogP contribution in [0.25, 0.3) is 0 Å². The highest BCUT2D eigenvalue weighted by Gasteiger charge is 2.30. The monoisotopic (exact) mass is 346 g/mol. The molecule has 130 valence electrons. The van der Waals surface area contributed by atoms with E-state index in [1.807, 2.05) is 6.92 Å². The molecular weight excluding hydrogens is 323 g/mol. The van der Waals surface area contributed by atoms with E-state index in [1.54, 1.807) is 0 Å². The molecule has 0 spiro atoms. The Kier molecular flexibility index (Phi) is 5.49. The van der Waals surface area contributed by atoms with Crippen molar-refractivity contribution in [3.05, 3.63) is 17.9 Å². The zero-order chi connectivity index (χ0) is 17.1. The van der Waals surface area contributed by atoms with Crippen LogP contribution in [0.2, 0.25) is 0 Å². The Morgan fingerprint density at radius 2 is 1.78 bits per heavy atom. The van der Waals surface area contributed by atoms with E-state index in [9.17, 15) is 12.8 Å². The Hall–Kier alpha value is -1.38. The molecule has 0 aromatic heterocycles. The first-order chi connectivity index (χ1) is 10.8. The molecule has 1 aromatic carbocycles.